The van der Waals surface area contributed by atoms with Gasteiger partial charge in [-0.05, 0) is 61.8 Å². The Bertz CT molecular complexity index is 870. The van der Waals surface area contributed by atoms with Gasteiger partial charge in [-0.1, -0.05) is 76.9 Å². The molecule has 0 bridgehead atoms. The van der Waals surface area contributed by atoms with Crippen LogP contribution in [-0.4, -0.2) is 11.6 Å². The van der Waals surface area contributed by atoms with Crippen molar-refractivity contribution in [2.45, 2.75) is 69.2 Å². The van der Waals surface area contributed by atoms with Crippen molar-refractivity contribution >= 4 is 11.6 Å². The zero-order valence-electron chi connectivity index (χ0n) is 19.8. The first-order chi connectivity index (χ1) is 13.1. The topological polar surface area (TPSA) is 34.1 Å². The van der Waals surface area contributed by atoms with Gasteiger partial charge in [0.25, 0.3) is 0 Å². The summed E-state index contributed by atoms with van der Waals surface area (Å²) in [6, 6.07) is 11.8. The normalized spacial score (nSPS) is 12.8. The molecule has 0 spiro atoms. The number of carbonyl (C=O) groups is 2. The fourth-order valence-electron chi connectivity index (χ4n) is 4.96. The van der Waals surface area contributed by atoms with E-state index >= 15 is 0 Å². The van der Waals surface area contributed by atoms with E-state index in [4.69, 9.17) is 0 Å². The Morgan fingerprint density at radius 1 is 0.586 bits per heavy atom. The molecule has 2 aromatic carbocycles. The van der Waals surface area contributed by atoms with Crippen molar-refractivity contribution in [3.05, 3.63) is 69.8 Å². The van der Waals surface area contributed by atoms with Gasteiger partial charge in [0, 0.05) is 11.1 Å². The number of ketones is 2. The van der Waals surface area contributed by atoms with Crippen LogP contribution in [0.4, 0.5) is 0 Å². The summed E-state index contributed by atoms with van der Waals surface area (Å²) >= 11 is 0. The molecule has 2 rings (SSSR count). The average Bonchev–Trinajstić information content (AvgIpc) is 2.56. The van der Waals surface area contributed by atoms with E-state index in [0.29, 0.717) is 11.1 Å². The number of rotatable bonds is 4. The smallest absolute Gasteiger partial charge is 0.178 e. The molecule has 0 fully saturated rings. The second-order valence-electron chi connectivity index (χ2n) is 10.5. The van der Waals surface area contributed by atoms with E-state index in [2.05, 4.69) is 0 Å². The van der Waals surface area contributed by atoms with Crippen molar-refractivity contribution in [2.75, 3.05) is 0 Å². The number of hydrogen-bond donors (Lipinski definition) is 0. The fourth-order valence-corrected chi connectivity index (χ4v) is 4.96. The van der Waals surface area contributed by atoms with Crippen LogP contribution < -0.4 is 0 Å². The van der Waals surface area contributed by atoms with Crippen molar-refractivity contribution < 1.29 is 9.59 Å². The lowest BCUT2D eigenvalue weighted by molar-refractivity contribution is 0.000285. The molecule has 0 aliphatic rings. The number of hydrogen-bond acceptors (Lipinski definition) is 2. The largest absolute Gasteiger partial charge is 0.293 e. The molecule has 2 heteroatoms. The summed E-state index contributed by atoms with van der Waals surface area (Å²) in [5, 5.41) is 0. The standard InChI is InChI=1S/C27H36O2/c1-17-11-13-19(3)21(15-17)23(28)27(25(5,6)7,26(8,9)10)24(29)22-16-18(2)12-14-20(22)4/h11-16H,1-10H3. The molecule has 0 saturated carbocycles. The molecule has 0 heterocycles. The van der Waals surface area contributed by atoms with Crippen LogP contribution in [0, 0.1) is 43.9 Å². The van der Waals surface area contributed by atoms with Crippen molar-refractivity contribution in [1.82, 2.24) is 0 Å². The van der Waals surface area contributed by atoms with Crippen LogP contribution in [0.3, 0.4) is 0 Å². The van der Waals surface area contributed by atoms with Gasteiger partial charge in [0.1, 0.15) is 5.41 Å². The number of benzene rings is 2. The van der Waals surface area contributed by atoms with Crippen molar-refractivity contribution in [2.24, 2.45) is 16.2 Å². The minimum Gasteiger partial charge on any atom is -0.293 e. The lowest BCUT2D eigenvalue weighted by Gasteiger charge is -2.51. The highest BCUT2D eigenvalue weighted by molar-refractivity contribution is 6.21. The van der Waals surface area contributed by atoms with E-state index in [0.717, 1.165) is 22.3 Å². The van der Waals surface area contributed by atoms with Crippen LogP contribution in [0.15, 0.2) is 36.4 Å². The lowest BCUT2D eigenvalue weighted by atomic mass is 9.48. The maximum absolute atomic E-state index is 14.3. The maximum atomic E-state index is 14.3. The summed E-state index contributed by atoms with van der Waals surface area (Å²) < 4.78 is 0. The molecule has 0 atom stereocenters. The highest BCUT2D eigenvalue weighted by Gasteiger charge is 2.61. The van der Waals surface area contributed by atoms with Gasteiger partial charge in [0.2, 0.25) is 0 Å². The second kappa shape index (κ2) is 7.55. The summed E-state index contributed by atoms with van der Waals surface area (Å²) in [4.78, 5) is 28.6. The van der Waals surface area contributed by atoms with Gasteiger partial charge in [-0.2, -0.15) is 0 Å². The van der Waals surface area contributed by atoms with Gasteiger partial charge in [-0.25, -0.2) is 0 Å². The molecule has 29 heavy (non-hydrogen) atoms. The molecule has 0 N–H and O–H groups in total. The van der Waals surface area contributed by atoms with Crippen LogP contribution in [-0.2, 0) is 0 Å². The molecular formula is C27H36O2. The summed E-state index contributed by atoms with van der Waals surface area (Å²) in [5.41, 5.74) is 2.79. The summed E-state index contributed by atoms with van der Waals surface area (Å²) in [5.74, 6) is -0.158. The van der Waals surface area contributed by atoms with Crippen LogP contribution in [0.5, 0.6) is 0 Å². The Labute approximate surface area is 176 Å². The van der Waals surface area contributed by atoms with Gasteiger partial charge in [-0.15, -0.1) is 0 Å². The van der Waals surface area contributed by atoms with Gasteiger partial charge >= 0.3 is 0 Å². The lowest BCUT2D eigenvalue weighted by Crippen LogP contribution is -2.58. The van der Waals surface area contributed by atoms with E-state index in [-0.39, 0.29) is 11.6 Å². The van der Waals surface area contributed by atoms with E-state index in [1.807, 2.05) is 106 Å². The number of carbonyl (C=O) groups excluding carboxylic acids is 2. The molecule has 2 aromatic rings. The predicted octanol–water partition coefficient (Wildman–Crippen LogP) is 7.06. The molecule has 0 saturated heterocycles. The van der Waals surface area contributed by atoms with Crippen LogP contribution >= 0.6 is 0 Å². The number of aryl methyl sites for hydroxylation is 4. The second-order valence-corrected chi connectivity index (χ2v) is 10.5. The first-order valence-electron chi connectivity index (χ1n) is 10.4. The van der Waals surface area contributed by atoms with Crippen molar-refractivity contribution in [3.8, 4) is 0 Å². The Balaban J connectivity index is 2.93. The molecule has 0 aliphatic heterocycles. The van der Waals surface area contributed by atoms with Gasteiger partial charge in [0.05, 0.1) is 0 Å². The van der Waals surface area contributed by atoms with Gasteiger partial charge in [-0.3, -0.25) is 9.59 Å². The molecule has 0 amide bonds. The summed E-state index contributed by atoms with van der Waals surface area (Å²) in [7, 11) is 0. The van der Waals surface area contributed by atoms with E-state index in [9.17, 15) is 9.59 Å². The third kappa shape index (κ3) is 3.82. The van der Waals surface area contributed by atoms with E-state index in [1.165, 1.54) is 0 Å². The number of Topliss-reactive ketones (excluding diaryl/α,β-unsaturated/α-hetero) is 2. The molecule has 0 radical (unpaired) electrons. The van der Waals surface area contributed by atoms with Gasteiger partial charge < -0.3 is 0 Å². The third-order valence-electron chi connectivity index (χ3n) is 6.21. The van der Waals surface area contributed by atoms with Crippen LogP contribution in [0.25, 0.3) is 0 Å². The Kier molecular flexibility index (Phi) is 6.01. The predicted molar refractivity (Wildman–Crippen MR) is 122 cm³/mol. The third-order valence-corrected chi connectivity index (χ3v) is 6.21. The van der Waals surface area contributed by atoms with Crippen LogP contribution in [0.2, 0.25) is 0 Å². The Morgan fingerprint density at radius 3 is 1.17 bits per heavy atom. The van der Waals surface area contributed by atoms with Gasteiger partial charge in [0.15, 0.2) is 11.6 Å². The Hall–Kier alpha value is -2.22. The minimum atomic E-state index is -1.21. The maximum Gasteiger partial charge on any atom is 0.178 e. The SMILES string of the molecule is Cc1ccc(C)c(C(=O)C(C(=O)c2cc(C)ccc2C)(C(C)(C)C)C(C)(C)C)c1. The first kappa shape index (κ1) is 23.1. The summed E-state index contributed by atoms with van der Waals surface area (Å²) in [6.07, 6.45) is 0. The van der Waals surface area contributed by atoms with Crippen molar-refractivity contribution in [1.29, 1.82) is 0 Å². The fraction of sp³-hybridized carbons (Fsp3) is 0.481. The average molecular weight is 393 g/mol. The molecule has 0 aromatic heterocycles. The first-order valence-corrected chi connectivity index (χ1v) is 10.4. The molecule has 2 nitrogen and oxygen atoms in total. The zero-order chi connectivity index (χ0) is 22.4. The zero-order valence-corrected chi connectivity index (χ0v) is 19.8. The molecule has 0 aliphatic carbocycles. The molecule has 0 unspecified atom stereocenters. The highest BCUT2D eigenvalue weighted by atomic mass is 16.2. The van der Waals surface area contributed by atoms with Crippen molar-refractivity contribution in [3.63, 3.8) is 0 Å². The summed E-state index contributed by atoms with van der Waals surface area (Å²) in [6.45, 7) is 20.0. The van der Waals surface area contributed by atoms with E-state index < -0.39 is 16.2 Å². The van der Waals surface area contributed by atoms with E-state index in [1.54, 1.807) is 0 Å². The Morgan fingerprint density at radius 2 is 0.897 bits per heavy atom. The van der Waals surface area contributed by atoms with Crippen LogP contribution in [0.1, 0.15) is 84.5 Å². The quantitative estimate of drug-likeness (QED) is 0.412. The minimum absolute atomic E-state index is 0.0791. The molecule has 156 valence electrons. The molecular weight excluding hydrogens is 356 g/mol. The monoisotopic (exact) mass is 392 g/mol. The highest BCUT2D eigenvalue weighted by Crippen LogP contribution is 2.55.